The van der Waals surface area contributed by atoms with Crippen molar-refractivity contribution in [3.8, 4) is 0 Å². The van der Waals surface area contributed by atoms with Gasteiger partial charge in [-0.3, -0.25) is 4.79 Å². The highest BCUT2D eigenvalue weighted by Gasteiger charge is 2.05. The maximum Gasteiger partial charge on any atom is 0.238 e. The summed E-state index contributed by atoms with van der Waals surface area (Å²) >= 11 is 0. The molecule has 5 heteroatoms. The molecule has 16 heavy (non-hydrogen) atoms. The van der Waals surface area contributed by atoms with Gasteiger partial charge in [-0.15, -0.1) is 0 Å². The van der Waals surface area contributed by atoms with Crippen molar-refractivity contribution in [2.75, 3.05) is 18.9 Å². The van der Waals surface area contributed by atoms with Crippen LogP contribution in [0.1, 0.15) is 5.89 Å². The molecule has 0 aliphatic rings. The number of hydrogen-bond donors (Lipinski definition) is 2. The maximum atomic E-state index is 11.3. The molecule has 1 aromatic carbocycles. The summed E-state index contributed by atoms with van der Waals surface area (Å²) in [5, 5.41) is 5.54. The van der Waals surface area contributed by atoms with Crippen molar-refractivity contribution in [1.29, 1.82) is 0 Å². The monoisotopic (exact) mass is 219 g/mol. The molecular formula is C11H13N3O2. The molecule has 0 spiro atoms. The Morgan fingerprint density at radius 2 is 2.31 bits per heavy atom. The molecule has 0 radical (unpaired) electrons. The lowest BCUT2D eigenvalue weighted by molar-refractivity contribution is -0.115. The van der Waals surface area contributed by atoms with Crippen LogP contribution in [0.15, 0.2) is 22.6 Å². The number of anilines is 1. The molecule has 1 heterocycles. The standard InChI is InChI=1S/C11H13N3O2/c1-7-13-9-5-8(3-4-10(9)16-7)14-11(15)6-12-2/h3-5,12H,6H2,1-2H3,(H,14,15). The van der Waals surface area contributed by atoms with Crippen LogP contribution in [0.25, 0.3) is 11.1 Å². The predicted molar refractivity (Wildman–Crippen MR) is 61.3 cm³/mol. The van der Waals surface area contributed by atoms with Gasteiger partial charge in [0.25, 0.3) is 0 Å². The first kappa shape index (κ1) is 10.6. The lowest BCUT2D eigenvalue weighted by atomic mass is 10.3. The molecule has 5 nitrogen and oxygen atoms in total. The Morgan fingerprint density at radius 3 is 3.06 bits per heavy atom. The zero-order chi connectivity index (χ0) is 11.5. The van der Waals surface area contributed by atoms with E-state index in [-0.39, 0.29) is 12.5 Å². The Bertz CT molecular complexity index is 519. The summed E-state index contributed by atoms with van der Waals surface area (Å²) in [7, 11) is 1.73. The third-order valence-electron chi connectivity index (χ3n) is 2.12. The van der Waals surface area contributed by atoms with E-state index >= 15 is 0 Å². The first-order valence-corrected chi connectivity index (χ1v) is 5.00. The zero-order valence-electron chi connectivity index (χ0n) is 9.20. The largest absolute Gasteiger partial charge is 0.441 e. The van der Waals surface area contributed by atoms with Crippen LogP contribution < -0.4 is 10.6 Å². The van der Waals surface area contributed by atoms with E-state index in [0.717, 1.165) is 16.8 Å². The average molecular weight is 219 g/mol. The number of benzene rings is 1. The number of carbonyl (C=O) groups is 1. The van der Waals surface area contributed by atoms with Crippen molar-refractivity contribution in [3.05, 3.63) is 24.1 Å². The molecule has 2 N–H and O–H groups in total. The highest BCUT2D eigenvalue weighted by atomic mass is 16.3. The Kier molecular flexibility index (Phi) is 2.87. The highest BCUT2D eigenvalue weighted by Crippen LogP contribution is 2.19. The highest BCUT2D eigenvalue weighted by molar-refractivity contribution is 5.94. The molecule has 1 aromatic heterocycles. The van der Waals surface area contributed by atoms with Gasteiger partial charge in [0.2, 0.25) is 5.91 Å². The Hall–Kier alpha value is -1.88. The number of amides is 1. The van der Waals surface area contributed by atoms with Gasteiger partial charge in [0, 0.05) is 12.6 Å². The van der Waals surface area contributed by atoms with Crippen molar-refractivity contribution in [3.63, 3.8) is 0 Å². The second kappa shape index (κ2) is 4.32. The predicted octanol–water partition coefficient (Wildman–Crippen LogP) is 1.29. The molecular weight excluding hydrogens is 206 g/mol. The van der Waals surface area contributed by atoms with Crippen molar-refractivity contribution in [1.82, 2.24) is 10.3 Å². The second-order valence-electron chi connectivity index (χ2n) is 3.49. The van der Waals surface area contributed by atoms with E-state index in [1.807, 2.05) is 0 Å². The van der Waals surface area contributed by atoms with Crippen LogP contribution in [-0.4, -0.2) is 24.5 Å². The van der Waals surface area contributed by atoms with Gasteiger partial charge in [0.1, 0.15) is 5.52 Å². The summed E-state index contributed by atoms with van der Waals surface area (Å²) in [6, 6.07) is 5.38. The van der Waals surface area contributed by atoms with Crippen LogP contribution in [0.4, 0.5) is 5.69 Å². The molecule has 0 atom stereocenters. The van der Waals surface area contributed by atoms with E-state index in [4.69, 9.17) is 4.42 Å². The summed E-state index contributed by atoms with van der Waals surface area (Å²) in [6.07, 6.45) is 0. The van der Waals surface area contributed by atoms with E-state index in [2.05, 4.69) is 15.6 Å². The normalized spacial score (nSPS) is 10.6. The van der Waals surface area contributed by atoms with E-state index < -0.39 is 0 Å². The van der Waals surface area contributed by atoms with Crippen LogP contribution in [-0.2, 0) is 4.79 Å². The minimum Gasteiger partial charge on any atom is -0.441 e. The number of hydrogen-bond acceptors (Lipinski definition) is 4. The van der Waals surface area contributed by atoms with Crippen LogP contribution >= 0.6 is 0 Å². The minimum atomic E-state index is -0.0814. The number of carbonyl (C=O) groups excluding carboxylic acids is 1. The number of nitrogens with one attached hydrogen (secondary N) is 2. The summed E-state index contributed by atoms with van der Waals surface area (Å²) in [5.74, 6) is 0.538. The van der Waals surface area contributed by atoms with Gasteiger partial charge in [-0.1, -0.05) is 0 Å². The van der Waals surface area contributed by atoms with Gasteiger partial charge in [-0.2, -0.15) is 0 Å². The third kappa shape index (κ3) is 2.20. The van der Waals surface area contributed by atoms with E-state index in [0.29, 0.717) is 5.89 Å². The number of fused-ring (bicyclic) bond motifs is 1. The summed E-state index contributed by atoms with van der Waals surface area (Å²) in [5.41, 5.74) is 2.20. The van der Waals surface area contributed by atoms with Gasteiger partial charge in [-0.05, 0) is 25.2 Å². The summed E-state index contributed by atoms with van der Waals surface area (Å²) in [4.78, 5) is 15.5. The van der Waals surface area contributed by atoms with Gasteiger partial charge < -0.3 is 15.1 Å². The van der Waals surface area contributed by atoms with Gasteiger partial charge in [-0.25, -0.2) is 4.98 Å². The van der Waals surface area contributed by atoms with E-state index in [1.54, 1.807) is 32.2 Å². The van der Waals surface area contributed by atoms with Gasteiger partial charge in [0.05, 0.1) is 6.54 Å². The summed E-state index contributed by atoms with van der Waals surface area (Å²) in [6.45, 7) is 2.08. The number of nitrogens with zero attached hydrogens (tertiary/aromatic N) is 1. The third-order valence-corrected chi connectivity index (χ3v) is 2.12. The quantitative estimate of drug-likeness (QED) is 0.816. The number of likely N-dealkylation sites (N-methyl/N-ethyl adjacent to an activating group) is 1. The lowest BCUT2D eigenvalue weighted by Crippen LogP contribution is -2.24. The molecule has 0 saturated heterocycles. The molecule has 0 saturated carbocycles. The molecule has 84 valence electrons. The average Bonchev–Trinajstić information content (AvgIpc) is 2.57. The Morgan fingerprint density at radius 1 is 1.50 bits per heavy atom. The molecule has 0 aliphatic carbocycles. The Balaban J connectivity index is 2.22. The molecule has 0 bridgehead atoms. The number of rotatable bonds is 3. The summed E-state index contributed by atoms with van der Waals surface area (Å²) < 4.78 is 5.34. The molecule has 0 unspecified atom stereocenters. The van der Waals surface area contributed by atoms with Crippen molar-refractivity contribution < 1.29 is 9.21 Å². The molecule has 2 aromatic rings. The SMILES string of the molecule is CNCC(=O)Nc1ccc2oc(C)nc2c1. The lowest BCUT2D eigenvalue weighted by Gasteiger charge is -2.03. The molecule has 0 aliphatic heterocycles. The fraction of sp³-hybridized carbons (Fsp3) is 0.273. The van der Waals surface area contributed by atoms with Gasteiger partial charge >= 0.3 is 0 Å². The molecule has 2 rings (SSSR count). The van der Waals surface area contributed by atoms with E-state index in [9.17, 15) is 4.79 Å². The molecule has 0 fully saturated rings. The van der Waals surface area contributed by atoms with E-state index in [1.165, 1.54) is 0 Å². The smallest absolute Gasteiger partial charge is 0.238 e. The first-order chi connectivity index (χ1) is 7.69. The fourth-order valence-corrected chi connectivity index (χ4v) is 1.49. The van der Waals surface area contributed by atoms with Crippen LogP contribution in [0.5, 0.6) is 0 Å². The number of aromatic nitrogens is 1. The number of oxazole rings is 1. The fourth-order valence-electron chi connectivity index (χ4n) is 1.49. The molecule has 1 amide bonds. The first-order valence-electron chi connectivity index (χ1n) is 5.00. The van der Waals surface area contributed by atoms with Crippen molar-refractivity contribution in [2.24, 2.45) is 0 Å². The zero-order valence-corrected chi connectivity index (χ0v) is 9.20. The minimum absolute atomic E-state index is 0.0814. The van der Waals surface area contributed by atoms with Crippen LogP contribution in [0.2, 0.25) is 0 Å². The Labute approximate surface area is 92.8 Å². The van der Waals surface area contributed by atoms with Crippen molar-refractivity contribution >= 4 is 22.7 Å². The van der Waals surface area contributed by atoms with Crippen molar-refractivity contribution in [2.45, 2.75) is 6.92 Å². The van der Waals surface area contributed by atoms with Gasteiger partial charge in [0.15, 0.2) is 11.5 Å². The van der Waals surface area contributed by atoms with Crippen LogP contribution in [0.3, 0.4) is 0 Å². The second-order valence-corrected chi connectivity index (χ2v) is 3.49. The topological polar surface area (TPSA) is 67.2 Å². The van der Waals surface area contributed by atoms with Crippen LogP contribution in [0, 0.1) is 6.92 Å². The maximum absolute atomic E-state index is 11.3. The number of aryl methyl sites for hydroxylation is 1.